The first-order valence-electron chi connectivity index (χ1n) is 17.8. The molecule has 0 bridgehead atoms. The summed E-state index contributed by atoms with van der Waals surface area (Å²) in [5.41, 5.74) is -1.43. The number of allylic oxidation sites excluding steroid dienone is 1. The zero-order valence-corrected chi connectivity index (χ0v) is 30.7. The maximum Gasteiger partial charge on any atom is 0.259 e. The Labute approximate surface area is 294 Å². The van der Waals surface area contributed by atoms with Crippen LogP contribution in [-0.4, -0.2) is 78.2 Å². The number of hydrogen-bond acceptors (Lipinski definition) is 9. The van der Waals surface area contributed by atoms with Crippen LogP contribution >= 0.6 is 0 Å². The van der Waals surface area contributed by atoms with Crippen LogP contribution < -0.4 is 24.2 Å². The van der Waals surface area contributed by atoms with E-state index in [2.05, 4.69) is 28.9 Å². The van der Waals surface area contributed by atoms with Gasteiger partial charge in [-0.1, -0.05) is 26.0 Å². The second kappa shape index (κ2) is 13.7. The van der Waals surface area contributed by atoms with Crippen molar-refractivity contribution in [2.24, 2.45) is 17.8 Å². The Kier molecular flexibility index (Phi) is 9.84. The maximum absolute atomic E-state index is 14.2. The molecule has 1 aromatic heterocycles. The highest BCUT2D eigenvalue weighted by Crippen LogP contribution is 2.47. The molecule has 1 aromatic carbocycles. The molecule has 2 aromatic rings. The van der Waals surface area contributed by atoms with E-state index in [1.165, 1.54) is 0 Å². The SMILES string of the molecule is COc1ccc2c(O[C@@H]3C[C@H]4C(=O)N[C@]5(C(=O)NS(=O)(=O)C6(C)CC6)C[C@H]5/C=C\CC[C@H](C)C[C@@H](C)CC(=O)N4C3)nc(OC(C)C)cc2c1. The minimum absolute atomic E-state index is 0.0975. The van der Waals surface area contributed by atoms with Crippen LogP contribution in [0.15, 0.2) is 36.4 Å². The first-order chi connectivity index (χ1) is 23.6. The van der Waals surface area contributed by atoms with E-state index < -0.39 is 44.3 Å². The molecule has 4 aliphatic rings. The van der Waals surface area contributed by atoms with Gasteiger partial charge in [-0.25, -0.2) is 8.42 Å². The standard InChI is InChI=1S/C37H50N4O8S/c1-22(2)48-31-18-25-17-27(47-6)11-12-29(25)34(38-31)49-28-19-30-33(43)39-37(35(44)40-50(45,46)36(5)13-14-36)20-26(37)10-8-7-9-23(3)15-24(4)16-32(42)41(30)21-28/h8,10-12,17-18,22-24,26,28,30H,7,9,13-16,19-21H2,1-6H3,(H,39,43)(H,40,44)/b10-8-/t23-,24+,26+,28+,30-,37+/m0/s1. The van der Waals surface area contributed by atoms with Crippen LogP contribution in [0.5, 0.6) is 17.5 Å². The predicted octanol–water partition coefficient (Wildman–Crippen LogP) is 4.65. The molecule has 272 valence electrons. The highest BCUT2D eigenvalue weighted by Gasteiger charge is 2.63. The topological polar surface area (TPSA) is 153 Å². The van der Waals surface area contributed by atoms with Crippen LogP contribution in [0.1, 0.15) is 86.0 Å². The molecule has 3 fully saturated rings. The van der Waals surface area contributed by atoms with E-state index in [1.807, 2.05) is 50.3 Å². The Hall–Kier alpha value is -3.87. The Bertz CT molecular complexity index is 1790. The number of carbonyl (C=O) groups is 3. The lowest BCUT2D eigenvalue weighted by atomic mass is 9.91. The molecule has 12 nitrogen and oxygen atoms in total. The molecule has 2 aliphatic heterocycles. The Morgan fingerprint density at radius 3 is 2.58 bits per heavy atom. The van der Waals surface area contributed by atoms with Crippen molar-refractivity contribution in [3.63, 3.8) is 0 Å². The minimum atomic E-state index is -3.93. The number of ether oxygens (including phenoxy) is 3. The van der Waals surface area contributed by atoms with Crippen LogP contribution in [0, 0.1) is 17.8 Å². The molecule has 2 saturated carbocycles. The molecule has 13 heteroatoms. The normalized spacial score (nSPS) is 30.3. The van der Waals surface area contributed by atoms with Crippen molar-refractivity contribution in [2.45, 2.75) is 115 Å². The van der Waals surface area contributed by atoms with Crippen molar-refractivity contribution < 1.29 is 37.0 Å². The number of benzene rings is 1. The first-order valence-corrected chi connectivity index (χ1v) is 19.3. The predicted molar refractivity (Wildman–Crippen MR) is 188 cm³/mol. The average molecular weight is 711 g/mol. The number of aromatic nitrogens is 1. The second-order valence-electron chi connectivity index (χ2n) is 15.4. The van der Waals surface area contributed by atoms with Crippen molar-refractivity contribution in [3.05, 3.63) is 36.4 Å². The quantitative estimate of drug-likeness (QED) is 0.373. The highest BCUT2D eigenvalue weighted by molar-refractivity contribution is 7.91. The van der Waals surface area contributed by atoms with E-state index >= 15 is 0 Å². The number of nitrogens with one attached hydrogen (secondary N) is 2. The fraction of sp³-hybridized carbons (Fsp3) is 0.622. The monoisotopic (exact) mass is 710 g/mol. The van der Waals surface area contributed by atoms with Crippen molar-refractivity contribution in [1.82, 2.24) is 19.9 Å². The molecular weight excluding hydrogens is 660 g/mol. The number of nitrogens with zero attached hydrogens (tertiary/aromatic N) is 2. The van der Waals surface area contributed by atoms with E-state index in [9.17, 15) is 22.8 Å². The van der Waals surface area contributed by atoms with Gasteiger partial charge in [0.05, 0.1) is 24.5 Å². The lowest BCUT2D eigenvalue weighted by Crippen LogP contribution is -2.57. The largest absolute Gasteiger partial charge is 0.497 e. The Balaban J connectivity index is 1.30. The zero-order chi connectivity index (χ0) is 36.0. The van der Waals surface area contributed by atoms with Gasteiger partial charge in [-0.05, 0) is 94.7 Å². The van der Waals surface area contributed by atoms with E-state index in [0.29, 0.717) is 36.3 Å². The lowest BCUT2D eigenvalue weighted by molar-refractivity contribution is -0.140. The smallest absolute Gasteiger partial charge is 0.259 e. The fourth-order valence-electron chi connectivity index (χ4n) is 7.27. The summed E-state index contributed by atoms with van der Waals surface area (Å²) in [6.45, 7) is 9.79. The van der Waals surface area contributed by atoms with Gasteiger partial charge in [0.2, 0.25) is 33.6 Å². The summed E-state index contributed by atoms with van der Waals surface area (Å²) >= 11 is 0. The van der Waals surface area contributed by atoms with Gasteiger partial charge in [-0.2, -0.15) is 4.98 Å². The van der Waals surface area contributed by atoms with Crippen molar-refractivity contribution >= 4 is 38.5 Å². The Morgan fingerprint density at radius 1 is 1.12 bits per heavy atom. The number of carbonyl (C=O) groups excluding carboxylic acids is 3. The van der Waals surface area contributed by atoms with Gasteiger partial charge in [0.25, 0.3) is 5.91 Å². The number of sulfonamides is 1. The number of rotatable bonds is 8. The van der Waals surface area contributed by atoms with E-state index in [1.54, 1.807) is 18.9 Å². The van der Waals surface area contributed by atoms with Crippen LogP contribution in [0.25, 0.3) is 10.8 Å². The third-order valence-electron chi connectivity index (χ3n) is 10.6. The summed E-state index contributed by atoms with van der Waals surface area (Å²) < 4.78 is 45.3. The summed E-state index contributed by atoms with van der Waals surface area (Å²) in [5, 5.41) is 4.45. The van der Waals surface area contributed by atoms with Crippen LogP contribution in [0.3, 0.4) is 0 Å². The van der Waals surface area contributed by atoms with E-state index in [4.69, 9.17) is 14.2 Å². The number of methoxy groups -OCH3 is 1. The molecular formula is C37H50N4O8S. The summed E-state index contributed by atoms with van der Waals surface area (Å²) in [6.07, 6.45) is 7.40. The summed E-state index contributed by atoms with van der Waals surface area (Å²) in [5.74, 6) is 0.0144. The fourth-order valence-corrected chi connectivity index (χ4v) is 8.59. The van der Waals surface area contributed by atoms with Gasteiger partial charge in [0.1, 0.15) is 23.4 Å². The highest BCUT2D eigenvalue weighted by atomic mass is 32.2. The molecule has 3 amide bonds. The third kappa shape index (κ3) is 7.43. The van der Waals surface area contributed by atoms with Crippen LogP contribution in [-0.2, 0) is 24.4 Å². The molecule has 0 unspecified atom stereocenters. The molecule has 1 saturated heterocycles. The lowest BCUT2D eigenvalue weighted by Gasteiger charge is -2.28. The number of fused-ring (bicyclic) bond motifs is 3. The molecule has 6 atom stereocenters. The number of pyridine rings is 1. The number of hydrogen-bond donors (Lipinski definition) is 2. The average Bonchev–Trinajstić information content (AvgIpc) is 3.92. The van der Waals surface area contributed by atoms with Crippen LogP contribution in [0.2, 0.25) is 0 Å². The van der Waals surface area contributed by atoms with Gasteiger partial charge >= 0.3 is 0 Å². The van der Waals surface area contributed by atoms with Gasteiger partial charge in [0.15, 0.2) is 0 Å². The summed E-state index contributed by atoms with van der Waals surface area (Å²) in [7, 11) is -2.34. The van der Waals surface area contributed by atoms with Crippen molar-refractivity contribution in [2.75, 3.05) is 13.7 Å². The maximum atomic E-state index is 14.2. The molecule has 2 N–H and O–H groups in total. The molecule has 3 heterocycles. The molecule has 0 radical (unpaired) electrons. The zero-order valence-electron chi connectivity index (χ0n) is 29.9. The van der Waals surface area contributed by atoms with Gasteiger partial charge in [0, 0.05) is 30.2 Å². The van der Waals surface area contributed by atoms with Crippen molar-refractivity contribution in [3.8, 4) is 17.5 Å². The summed E-state index contributed by atoms with van der Waals surface area (Å²) in [6, 6.07) is 6.41. The molecule has 2 aliphatic carbocycles. The first kappa shape index (κ1) is 35.9. The second-order valence-corrected chi connectivity index (χ2v) is 17.6. The van der Waals surface area contributed by atoms with Gasteiger partial charge in [-0.3, -0.25) is 19.1 Å². The molecule has 50 heavy (non-hydrogen) atoms. The molecule has 0 spiro atoms. The Morgan fingerprint density at radius 2 is 1.88 bits per heavy atom. The van der Waals surface area contributed by atoms with E-state index in [-0.39, 0.29) is 49.7 Å². The van der Waals surface area contributed by atoms with Gasteiger partial charge < -0.3 is 24.4 Å². The van der Waals surface area contributed by atoms with Crippen LogP contribution in [0.4, 0.5) is 0 Å². The minimum Gasteiger partial charge on any atom is -0.497 e. The van der Waals surface area contributed by atoms with Crippen molar-refractivity contribution in [1.29, 1.82) is 0 Å². The number of amides is 3. The molecule has 6 rings (SSSR count). The summed E-state index contributed by atoms with van der Waals surface area (Å²) in [4.78, 5) is 48.1. The van der Waals surface area contributed by atoms with E-state index in [0.717, 1.165) is 30.0 Å². The van der Waals surface area contributed by atoms with Gasteiger partial charge in [-0.15, -0.1) is 0 Å². The third-order valence-corrected chi connectivity index (χ3v) is 12.8.